The zero-order valence-electron chi connectivity index (χ0n) is 18.3. The lowest BCUT2D eigenvalue weighted by molar-refractivity contribution is 0.0987. The molecule has 33 heavy (non-hydrogen) atoms. The minimum Gasteiger partial charge on any atom is -0.391 e. The van der Waals surface area contributed by atoms with Crippen LogP contribution < -0.4 is 9.80 Å². The van der Waals surface area contributed by atoms with Gasteiger partial charge in [0.25, 0.3) is 0 Å². The molecule has 3 aromatic rings. The highest BCUT2D eigenvalue weighted by atomic mass is 32.1. The van der Waals surface area contributed by atoms with E-state index in [9.17, 15) is 9.90 Å². The highest BCUT2D eigenvalue weighted by Crippen LogP contribution is 2.42. The number of aromatic nitrogens is 4. The van der Waals surface area contributed by atoms with Gasteiger partial charge < -0.3 is 19.6 Å². The van der Waals surface area contributed by atoms with Crippen LogP contribution in [0, 0.1) is 0 Å². The van der Waals surface area contributed by atoms with Crippen molar-refractivity contribution in [2.75, 3.05) is 49.2 Å². The van der Waals surface area contributed by atoms with Crippen molar-refractivity contribution in [3.63, 3.8) is 0 Å². The van der Waals surface area contributed by atoms with Gasteiger partial charge in [0.15, 0.2) is 16.6 Å². The fraction of sp³-hybridized carbons (Fsp3) is 0.522. The van der Waals surface area contributed by atoms with Crippen molar-refractivity contribution in [3.05, 3.63) is 35.4 Å². The Bertz CT molecular complexity index is 1190. The lowest BCUT2D eigenvalue weighted by Gasteiger charge is -2.25. The Balaban J connectivity index is 1.27. The van der Waals surface area contributed by atoms with Crippen LogP contribution in [0.5, 0.6) is 0 Å². The van der Waals surface area contributed by atoms with E-state index in [1.807, 2.05) is 4.90 Å². The molecule has 1 N–H and O–H groups in total. The number of nitrogens with zero attached hydrogens (tertiary/aromatic N) is 6. The minimum absolute atomic E-state index is 0.0648. The van der Waals surface area contributed by atoms with E-state index in [1.54, 1.807) is 17.5 Å². The summed E-state index contributed by atoms with van der Waals surface area (Å²) in [4.78, 5) is 35.9. The minimum atomic E-state index is -0.355. The normalized spacial score (nSPS) is 21.2. The molecule has 3 aliphatic rings. The fourth-order valence-corrected chi connectivity index (χ4v) is 5.53. The van der Waals surface area contributed by atoms with Crippen LogP contribution in [0.25, 0.3) is 10.3 Å². The topological polar surface area (TPSA) is 105 Å². The molecule has 10 heteroatoms. The van der Waals surface area contributed by atoms with E-state index in [4.69, 9.17) is 14.7 Å². The van der Waals surface area contributed by atoms with Crippen molar-refractivity contribution in [2.45, 2.75) is 37.7 Å². The lowest BCUT2D eigenvalue weighted by Crippen LogP contribution is -2.36. The molecule has 1 saturated carbocycles. The van der Waals surface area contributed by atoms with Gasteiger partial charge in [0.2, 0.25) is 0 Å². The average Bonchev–Trinajstić information content (AvgIpc) is 3.46. The highest BCUT2D eigenvalue weighted by molar-refractivity contribution is 7.22. The number of hydrogen-bond acceptors (Lipinski definition) is 10. The van der Waals surface area contributed by atoms with E-state index in [-0.39, 0.29) is 18.3 Å². The van der Waals surface area contributed by atoms with Crippen LogP contribution in [0.4, 0.5) is 10.9 Å². The summed E-state index contributed by atoms with van der Waals surface area (Å²) in [6.07, 6.45) is 6.00. The number of rotatable bonds is 6. The third-order valence-corrected chi connectivity index (χ3v) is 7.53. The molecule has 1 unspecified atom stereocenters. The number of Topliss-reactive ketones (excluding diaryl/α,β-unsaturated/α-hetero) is 1. The highest BCUT2D eigenvalue weighted by Gasteiger charge is 2.30. The SMILES string of the molecule is O=C(Cc1cc2sc(N3CCOCC3)nc2nc1C1CC1)c1cncc(N2CCC(O)C2)n1. The van der Waals surface area contributed by atoms with Crippen molar-refractivity contribution >= 4 is 38.4 Å². The number of β-amino-alcohol motifs (C(OH)–C–C–N with tert-alkyl or cyclic N) is 1. The largest absolute Gasteiger partial charge is 0.391 e. The smallest absolute Gasteiger partial charge is 0.188 e. The number of ketones is 1. The van der Waals surface area contributed by atoms with Crippen LogP contribution in [0.3, 0.4) is 0 Å². The number of aliphatic hydroxyl groups excluding tert-OH is 1. The first-order valence-corrected chi connectivity index (χ1v) is 12.4. The summed E-state index contributed by atoms with van der Waals surface area (Å²) in [6, 6.07) is 2.10. The van der Waals surface area contributed by atoms with Crippen LogP contribution in [0.1, 0.15) is 46.9 Å². The van der Waals surface area contributed by atoms with Crippen LogP contribution in [0.15, 0.2) is 18.5 Å². The van der Waals surface area contributed by atoms with E-state index >= 15 is 0 Å². The molecule has 6 rings (SSSR count). The molecular weight excluding hydrogens is 440 g/mol. The number of anilines is 2. The van der Waals surface area contributed by atoms with Gasteiger partial charge in [-0.3, -0.25) is 9.78 Å². The van der Waals surface area contributed by atoms with Gasteiger partial charge in [-0.05, 0) is 30.9 Å². The summed E-state index contributed by atoms with van der Waals surface area (Å²) in [7, 11) is 0. The lowest BCUT2D eigenvalue weighted by atomic mass is 10.0. The Hall–Kier alpha value is -2.69. The monoisotopic (exact) mass is 466 g/mol. The maximum Gasteiger partial charge on any atom is 0.188 e. The molecule has 9 nitrogen and oxygen atoms in total. The molecule has 2 saturated heterocycles. The number of hydrogen-bond donors (Lipinski definition) is 1. The zero-order chi connectivity index (χ0) is 22.4. The molecule has 3 fully saturated rings. The Morgan fingerprint density at radius 1 is 1.09 bits per heavy atom. The molecule has 172 valence electrons. The first-order valence-electron chi connectivity index (χ1n) is 11.6. The summed E-state index contributed by atoms with van der Waals surface area (Å²) >= 11 is 1.63. The van der Waals surface area contributed by atoms with Crippen LogP contribution in [-0.4, -0.2) is 76.3 Å². The summed E-state index contributed by atoms with van der Waals surface area (Å²) in [5.74, 6) is 0.991. The molecule has 0 spiro atoms. The molecule has 5 heterocycles. The maximum atomic E-state index is 13.2. The summed E-state index contributed by atoms with van der Waals surface area (Å²) in [6.45, 7) is 4.35. The van der Waals surface area contributed by atoms with Crippen molar-refractivity contribution in [2.24, 2.45) is 0 Å². The fourth-order valence-electron chi connectivity index (χ4n) is 4.50. The Kier molecular flexibility index (Phi) is 5.43. The van der Waals surface area contributed by atoms with Crippen LogP contribution in [0.2, 0.25) is 0 Å². The summed E-state index contributed by atoms with van der Waals surface area (Å²) < 4.78 is 6.47. The van der Waals surface area contributed by atoms with E-state index < -0.39 is 0 Å². The number of carbonyl (C=O) groups excluding carboxylic acids is 1. The molecule has 0 radical (unpaired) electrons. The van der Waals surface area contributed by atoms with Crippen molar-refractivity contribution in [1.29, 1.82) is 0 Å². The molecule has 2 aliphatic heterocycles. The van der Waals surface area contributed by atoms with Crippen LogP contribution >= 0.6 is 11.3 Å². The molecule has 0 aromatic carbocycles. The summed E-state index contributed by atoms with van der Waals surface area (Å²) in [5.41, 5.74) is 3.10. The Labute approximate surface area is 195 Å². The standard InChI is InChI=1S/C23H26N6O3S/c30-16-3-4-29(13-16)20-12-24-11-17(25-20)18(31)9-15-10-19-22(26-21(15)14-1-2-14)27-23(33-19)28-5-7-32-8-6-28/h10-12,14,16,30H,1-9,13H2. The van der Waals surface area contributed by atoms with E-state index in [0.29, 0.717) is 43.6 Å². The number of carbonyl (C=O) groups is 1. The van der Waals surface area contributed by atoms with E-state index in [0.717, 1.165) is 59.2 Å². The molecule has 0 bridgehead atoms. The number of pyridine rings is 1. The third kappa shape index (κ3) is 4.30. The quantitative estimate of drug-likeness (QED) is 0.547. The second kappa shape index (κ2) is 8.58. The molecule has 1 aliphatic carbocycles. The van der Waals surface area contributed by atoms with E-state index in [1.165, 1.54) is 6.20 Å². The van der Waals surface area contributed by atoms with Gasteiger partial charge in [-0.1, -0.05) is 11.3 Å². The van der Waals surface area contributed by atoms with Crippen molar-refractivity contribution < 1.29 is 14.6 Å². The van der Waals surface area contributed by atoms with Crippen molar-refractivity contribution in [3.8, 4) is 0 Å². The molecule has 3 aromatic heterocycles. The van der Waals surface area contributed by atoms with E-state index in [2.05, 4.69) is 20.9 Å². The molecule has 0 amide bonds. The van der Waals surface area contributed by atoms with Crippen molar-refractivity contribution in [1.82, 2.24) is 19.9 Å². The number of ether oxygens (including phenoxy) is 1. The number of thiazole rings is 1. The van der Waals surface area contributed by atoms with Gasteiger partial charge in [-0.15, -0.1) is 0 Å². The number of fused-ring (bicyclic) bond motifs is 1. The van der Waals surface area contributed by atoms with Gasteiger partial charge >= 0.3 is 0 Å². The first kappa shape index (κ1) is 20.9. The predicted molar refractivity (Wildman–Crippen MR) is 125 cm³/mol. The third-order valence-electron chi connectivity index (χ3n) is 6.48. The Morgan fingerprint density at radius 2 is 1.94 bits per heavy atom. The van der Waals surface area contributed by atoms with Gasteiger partial charge in [0.1, 0.15) is 11.5 Å². The Morgan fingerprint density at radius 3 is 2.70 bits per heavy atom. The predicted octanol–water partition coefficient (Wildman–Crippen LogP) is 2.19. The molecule has 1 atom stereocenters. The van der Waals surface area contributed by atoms with Crippen LogP contribution in [-0.2, 0) is 11.2 Å². The average molecular weight is 467 g/mol. The first-order chi connectivity index (χ1) is 16.1. The maximum absolute atomic E-state index is 13.2. The van der Waals surface area contributed by atoms with Gasteiger partial charge in [0.05, 0.1) is 36.4 Å². The number of aliphatic hydroxyl groups is 1. The number of morpholine rings is 1. The van der Waals surface area contributed by atoms with Gasteiger partial charge in [-0.2, -0.15) is 4.98 Å². The summed E-state index contributed by atoms with van der Waals surface area (Å²) in [5, 5.41) is 10.8. The second-order valence-electron chi connectivity index (χ2n) is 8.98. The second-order valence-corrected chi connectivity index (χ2v) is 9.98. The van der Waals surface area contributed by atoms with Gasteiger partial charge in [0, 0.05) is 44.2 Å². The molecular formula is C23H26N6O3S. The van der Waals surface area contributed by atoms with Gasteiger partial charge in [-0.25, -0.2) is 9.97 Å². The zero-order valence-corrected chi connectivity index (χ0v) is 19.1.